The van der Waals surface area contributed by atoms with Crippen LogP contribution in [-0.4, -0.2) is 20.9 Å². The molecule has 0 aliphatic heterocycles. The average molecular weight is 300 g/mol. The summed E-state index contributed by atoms with van der Waals surface area (Å²) in [5.74, 6) is -2.00. The summed E-state index contributed by atoms with van der Waals surface area (Å²) in [4.78, 5) is 24.2. The van der Waals surface area contributed by atoms with E-state index in [1.807, 2.05) is 0 Å². The van der Waals surface area contributed by atoms with E-state index in [9.17, 15) is 20.0 Å². The van der Waals surface area contributed by atoms with Gasteiger partial charge in [0.05, 0.1) is 11.6 Å². The normalized spacial score (nSPS) is 11.3. The van der Waals surface area contributed by atoms with Crippen LogP contribution in [0.3, 0.4) is 0 Å². The number of azo groups is 1. The van der Waals surface area contributed by atoms with E-state index in [0.29, 0.717) is 10.9 Å². The van der Waals surface area contributed by atoms with Crippen molar-refractivity contribution in [3.8, 4) is 5.88 Å². The minimum Gasteiger partial charge on any atom is -0.493 e. The zero-order chi connectivity index (χ0) is 15.7. The van der Waals surface area contributed by atoms with E-state index in [2.05, 4.69) is 15.2 Å². The number of rotatable bonds is 3. The average Bonchev–Trinajstić information content (AvgIpc) is 3.09. The van der Waals surface area contributed by atoms with Crippen molar-refractivity contribution in [2.75, 3.05) is 0 Å². The zero-order valence-electron chi connectivity index (χ0n) is 10.9. The summed E-state index contributed by atoms with van der Waals surface area (Å²) >= 11 is 0. The fraction of sp³-hybridized carbons (Fsp3) is 0. The number of para-hydroxylation sites is 1. The predicted molar refractivity (Wildman–Crippen MR) is 74.2 cm³/mol. The number of fused-ring (bicyclic) bond motifs is 1. The van der Waals surface area contributed by atoms with Gasteiger partial charge in [-0.2, -0.15) is 0 Å². The summed E-state index contributed by atoms with van der Waals surface area (Å²) in [6, 6.07) is 9.12. The van der Waals surface area contributed by atoms with Crippen molar-refractivity contribution in [2.45, 2.75) is 0 Å². The Bertz CT molecular complexity index is 908. The Balaban J connectivity index is 1.90. The maximum absolute atomic E-state index is 11.8. The van der Waals surface area contributed by atoms with E-state index in [0.717, 1.165) is 12.1 Å². The number of aromatic hydroxyl groups is 1. The molecule has 1 amide bonds. The van der Waals surface area contributed by atoms with Gasteiger partial charge in [0.25, 0.3) is 0 Å². The van der Waals surface area contributed by atoms with Crippen LogP contribution in [0.15, 0.2) is 51.0 Å². The third-order valence-corrected chi connectivity index (χ3v) is 2.88. The van der Waals surface area contributed by atoms with Crippen LogP contribution in [0, 0.1) is 10.1 Å². The molecule has 0 bridgehead atoms. The zero-order valence-corrected chi connectivity index (χ0v) is 10.9. The second kappa shape index (κ2) is 5.13. The lowest BCUT2D eigenvalue weighted by Gasteiger charge is -1.90. The van der Waals surface area contributed by atoms with Crippen molar-refractivity contribution in [2.24, 2.45) is 10.2 Å². The van der Waals surface area contributed by atoms with Crippen LogP contribution in [0.4, 0.5) is 11.6 Å². The van der Waals surface area contributed by atoms with Crippen LogP contribution in [0.25, 0.3) is 10.9 Å². The molecular formula is C13H8N4O5. The Labute approximate surface area is 122 Å². The van der Waals surface area contributed by atoms with Gasteiger partial charge in [-0.15, -0.1) is 10.2 Å². The highest BCUT2D eigenvalue weighted by molar-refractivity contribution is 5.95. The molecule has 0 aliphatic rings. The van der Waals surface area contributed by atoms with Gasteiger partial charge in [0.15, 0.2) is 5.69 Å². The van der Waals surface area contributed by atoms with Gasteiger partial charge in [-0.1, -0.05) is 18.2 Å². The third-order valence-electron chi connectivity index (χ3n) is 2.88. The fourth-order valence-electron chi connectivity index (χ4n) is 1.90. The number of nitrogens with zero attached hydrogens (tertiary/aromatic N) is 3. The highest BCUT2D eigenvalue weighted by atomic mass is 16.6. The van der Waals surface area contributed by atoms with Crippen LogP contribution in [0.2, 0.25) is 0 Å². The minimum atomic E-state index is -0.891. The first-order valence-electron chi connectivity index (χ1n) is 6.06. The fourth-order valence-corrected chi connectivity index (χ4v) is 1.90. The molecule has 0 atom stereocenters. The number of nitrogens with one attached hydrogen (secondary N) is 1. The minimum absolute atomic E-state index is 0.102. The highest BCUT2D eigenvalue weighted by Gasteiger charge is 2.17. The molecule has 0 saturated carbocycles. The molecule has 0 radical (unpaired) electrons. The molecule has 3 aromatic rings. The molecule has 22 heavy (non-hydrogen) atoms. The van der Waals surface area contributed by atoms with Crippen molar-refractivity contribution < 1.29 is 19.2 Å². The molecule has 0 fully saturated rings. The van der Waals surface area contributed by atoms with Gasteiger partial charge in [0.2, 0.25) is 11.6 Å². The standard InChI is InChI=1S/C13H8N4O5/c18-12(9-5-6-10(22-9)17(20)21)16-15-11-7-3-1-2-4-8(7)14-13(11)19/h1-6,14,19H. The van der Waals surface area contributed by atoms with Gasteiger partial charge in [-0.25, -0.2) is 0 Å². The number of carbonyl (C=O) groups excluding carboxylic acids is 1. The van der Waals surface area contributed by atoms with Gasteiger partial charge < -0.3 is 14.5 Å². The molecule has 3 rings (SSSR count). The van der Waals surface area contributed by atoms with E-state index >= 15 is 0 Å². The summed E-state index contributed by atoms with van der Waals surface area (Å²) in [5.41, 5.74) is 0.736. The number of hydrogen-bond donors (Lipinski definition) is 2. The second-order valence-electron chi connectivity index (χ2n) is 4.27. The van der Waals surface area contributed by atoms with Crippen molar-refractivity contribution >= 4 is 28.4 Å². The highest BCUT2D eigenvalue weighted by Crippen LogP contribution is 2.35. The molecule has 110 valence electrons. The smallest absolute Gasteiger partial charge is 0.433 e. The van der Waals surface area contributed by atoms with Gasteiger partial charge in [-0.3, -0.25) is 14.9 Å². The van der Waals surface area contributed by atoms with Crippen molar-refractivity contribution in [1.82, 2.24) is 4.98 Å². The number of H-pyrrole nitrogens is 1. The van der Waals surface area contributed by atoms with Crippen LogP contribution in [0.1, 0.15) is 10.6 Å². The molecule has 2 heterocycles. The Hall–Kier alpha value is -3.49. The lowest BCUT2D eigenvalue weighted by atomic mass is 10.2. The van der Waals surface area contributed by atoms with Gasteiger partial charge in [0.1, 0.15) is 4.92 Å². The van der Waals surface area contributed by atoms with Crippen molar-refractivity contribution in [1.29, 1.82) is 0 Å². The lowest BCUT2D eigenvalue weighted by Crippen LogP contribution is -1.90. The largest absolute Gasteiger partial charge is 0.493 e. The molecule has 0 spiro atoms. The van der Waals surface area contributed by atoms with E-state index in [-0.39, 0.29) is 17.3 Å². The number of carbonyl (C=O) groups is 1. The molecule has 2 aromatic heterocycles. The maximum Gasteiger partial charge on any atom is 0.433 e. The first-order valence-corrected chi connectivity index (χ1v) is 6.06. The van der Waals surface area contributed by atoms with E-state index in [4.69, 9.17) is 4.42 Å². The predicted octanol–water partition coefficient (Wildman–Crippen LogP) is 3.30. The van der Waals surface area contributed by atoms with Gasteiger partial charge in [0, 0.05) is 5.39 Å². The summed E-state index contributed by atoms with van der Waals surface area (Å²) in [7, 11) is 0. The second-order valence-corrected chi connectivity index (χ2v) is 4.27. The quantitative estimate of drug-likeness (QED) is 0.434. The number of hydrogen-bond acceptors (Lipinski definition) is 6. The molecule has 0 aliphatic carbocycles. The number of aromatic nitrogens is 1. The van der Waals surface area contributed by atoms with Crippen LogP contribution >= 0.6 is 0 Å². The Morgan fingerprint density at radius 3 is 2.77 bits per heavy atom. The maximum atomic E-state index is 11.8. The molecule has 9 nitrogen and oxygen atoms in total. The van der Waals surface area contributed by atoms with Crippen molar-refractivity contribution in [3.05, 3.63) is 52.3 Å². The number of furan rings is 1. The molecule has 2 N–H and O–H groups in total. The monoisotopic (exact) mass is 300 g/mol. The van der Waals surface area contributed by atoms with Gasteiger partial charge >= 0.3 is 11.8 Å². The molecule has 0 saturated heterocycles. The molecule has 0 unspecified atom stereocenters. The number of amides is 1. The van der Waals surface area contributed by atoms with Crippen molar-refractivity contribution in [3.63, 3.8) is 0 Å². The van der Waals surface area contributed by atoms with E-state index in [1.165, 1.54) is 0 Å². The van der Waals surface area contributed by atoms with Gasteiger partial charge in [-0.05, 0) is 12.1 Å². The topological polar surface area (TPSA) is 134 Å². The van der Waals surface area contributed by atoms with Crippen LogP contribution in [-0.2, 0) is 0 Å². The number of aromatic amines is 1. The number of nitro groups is 1. The summed E-state index contributed by atoms with van der Waals surface area (Å²) in [6.07, 6.45) is 0. The van der Waals surface area contributed by atoms with E-state index in [1.54, 1.807) is 24.3 Å². The SMILES string of the molecule is O=C(N=Nc1c(O)[nH]c2ccccc12)c1ccc([N+](=O)[O-])o1. The number of benzene rings is 1. The summed E-state index contributed by atoms with van der Waals surface area (Å²) in [5, 5.41) is 27.9. The third kappa shape index (κ3) is 2.30. The molecular weight excluding hydrogens is 292 g/mol. The Morgan fingerprint density at radius 2 is 2.05 bits per heavy atom. The van der Waals surface area contributed by atoms with Crippen LogP contribution < -0.4 is 0 Å². The summed E-state index contributed by atoms with van der Waals surface area (Å²) in [6.45, 7) is 0. The van der Waals surface area contributed by atoms with Crippen LogP contribution in [0.5, 0.6) is 5.88 Å². The first kappa shape index (κ1) is 13.5. The lowest BCUT2D eigenvalue weighted by molar-refractivity contribution is -0.402. The molecule has 1 aromatic carbocycles. The first-order chi connectivity index (χ1) is 10.6. The Morgan fingerprint density at radius 1 is 1.27 bits per heavy atom. The Kier molecular flexibility index (Phi) is 3.14. The van der Waals surface area contributed by atoms with E-state index < -0.39 is 16.7 Å². The summed E-state index contributed by atoms with van der Waals surface area (Å²) < 4.78 is 4.72. The molecule has 9 heteroatoms.